The van der Waals surface area contributed by atoms with Gasteiger partial charge in [0.25, 0.3) is 0 Å². The molecule has 0 atom stereocenters. The fourth-order valence-electron chi connectivity index (χ4n) is 6.56. The Morgan fingerprint density at radius 1 is 0.447 bits per heavy atom. The van der Waals surface area contributed by atoms with E-state index in [2.05, 4.69) is 123 Å². The molecule has 1 heteroatoms. The average molecular weight is 487 g/mol. The molecule has 0 unspecified atom stereocenters. The van der Waals surface area contributed by atoms with Gasteiger partial charge < -0.3 is 4.74 Å². The Hall–Kier alpha value is -4.62. The number of ether oxygens (including phenoxy) is 1. The monoisotopic (exact) mass is 486 g/mol. The molecular weight excluding hydrogens is 460 g/mol. The Morgan fingerprint density at radius 3 is 1.97 bits per heavy atom. The van der Waals surface area contributed by atoms with Crippen LogP contribution in [0.5, 0.6) is 11.5 Å². The third-order valence-corrected chi connectivity index (χ3v) is 8.51. The van der Waals surface area contributed by atoms with Crippen molar-refractivity contribution in [2.24, 2.45) is 0 Å². The van der Waals surface area contributed by atoms with Gasteiger partial charge in [-0.3, -0.25) is 0 Å². The molecule has 0 amide bonds. The minimum absolute atomic E-state index is 0.00587. The molecular formula is C37H26O. The second-order valence-corrected chi connectivity index (χ2v) is 10.9. The van der Waals surface area contributed by atoms with Crippen molar-refractivity contribution in [1.29, 1.82) is 0 Å². The first-order chi connectivity index (χ1) is 18.6. The summed E-state index contributed by atoms with van der Waals surface area (Å²) in [5.41, 5.74) is 12.9. The van der Waals surface area contributed by atoms with Crippen LogP contribution in [0.15, 0.2) is 121 Å². The molecule has 0 saturated heterocycles. The minimum atomic E-state index is 0.00587. The van der Waals surface area contributed by atoms with E-state index < -0.39 is 0 Å². The highest BCUT2D eigenvalue weighted by Gasteiger charge is 2.35. The number of para-hydroxylation sites is 1. The lowest BCUT2D eigenvalue weighted by Crippen LogP contribution is -2.14. The number of rotatable bonds is 2. The summed E-state index contributed by atoms with van der Waals surface area (Å²) in [6.07, 6.45) is 0. The van der Waals surface area contributed by atoms with Gasteiger partial charge in [-0.25, -0.2) is 0 Å². The van der Waals surface area contributed by atoms with E-state index in [0.29, 0.717) is 0 Å². The highest BCUT2D eigenvalue weighted by Crippen LogP contribution is 2.50. The van der Waals surface area contributed by atoms with E-state index >= 15 is 0 Å². The summed E-state index contributed by atoms with van der Waals surface area (Å²) < 4.78 is 6.29. The van der Waals surface area contributed by atoms with Crippen LogP contribution in [-0.4, -0.2) is 0 Å². The molecule has 0 N–H and O–H groups in total. The van der Waals surface area contributed by atoms with Gasteiger partial charge in [0.05, 0.1) is 0 Å². The minimum Gasteiger partial charge on any atom is -0.456 e. The topological polar surface area (TPSA) is 9.23 Å². The van der Waals surface area contributed by atoms with Crippen molar-refractivity contribution in [2.75, 3.05) is 0 Å². The van der Waals surface area contributed by atoms with Gasteiger partial charge in [0.1, 0.15) is 11.5 Å². The highest BCUT2D eigenvalue weighted by molar-refractivity contribution is 6.09. The second-order valence-electron chi connectivity index (χ2n) is 10.9. The van der Waals surface area contributed by atoms with Crippen LogP contribution >= 0.6 is 0 Å². The zero-order valence-corrected chi connectivity index (χ0v) is 21.5. The first-order valence-electron chi connectivity index (χ1n) is 13.3. The lowest BCUT2D eigenvalue weighted by Gasteiger charge is -2.22. The molecule has 38 heavy (non-hydrogen) atoms. The summed E-state index contributed by atoms with van der Waals surface area (Å²) >= 11 is 0. The number of benzene rings is 6. The molecule has 0 spiro atoms. The van der Waals surface area contributed by atoms with Gasteiger partial charge in [0.15, 0.2) is 0 Å². The van der Waals surface area contributed by atoms with Crippen LogP contribution in [0.1, 0.15) is 25.0 Å². The highest BCUT2D eigenvalue weighted by atomic mass is 16.5. The fraction of sp³-hybridized carbons (Fsp3) is 0.0811. The molecule has 1 nitrogen and oxygen atoms in total. The maximum absolute atomic E-state index is 6.29. The Bertz CT molecular complexity index is 1910. The maximum Gasteiger partial charge on any atom is 0.135 e. The third-order valence-electron chi connectivity index (χ3n) is 8.51. The van der Waals surface area contributed by atoms with Crippen LogP contribution in [0.3, 0.4) is 0 Å². The predicted octanol–water partition coefficient (Wildman–Crippen LogP) is 10.3. The Balaban J connectivity index is 1.20. The Morgan fingerprint density at radius 2 is 1.11 bits per heavy atom. The van der Waals surface area contributed by atoms with Crippen LogP contribution < -0.4 is 4.74 Å². The van der Waals surface area contributed by atoms with Gasteiger partial charge in [0.2, 0.25) is 0 Å². The van der Waals surface area contributed by atoms with Gasteiger partial charge in [-0.05, 0) is 73.7 Å². The molecule has 0 aromatic heterocycles. The first kappa shape index (κ1) is 21.5. The molecule has 6 aromatic rings. The van der Waals surface area contributed by atoms with Crippen molar-refractivity contribution in [3.8, 4) is 56.0 Å². The van der Waals surface area contributed by atoms with Crippen molar-refractivity contribution in [2.45, 2.75) is 19.3 Å². The lowest BCUT2D eigenvalue weighted by molar-refractivity contribution is 0.487. The molecule has 0 radical (unpaired) electrons. The summed E-state index contributed by atoms with van der Waals surface area (Å²) in [5, 5.41) is 2.41. The normalized spacial score (nSPS) is 13.9. The number of hydrogen-bond acceptors (Lipinski definition) is 1. The van der Waals surface area contributed by atoms with E-state index in [-0.39, 0.29) is 5.41 Å². The van der Waals surface area contributed by atoms with E-state index in [1.54, 1.807) is 0 Å². The number of fused-ring (bicyclic) bond motifs is 5. The summed E-state index contributed by atoms with van der Waals surface area (Å²) in [6, 6.07) is 44.0. The average Bonchev–Trinajstić information content (AvgIpc) is 3.20. The molecule has 0 saturated carbocycles. The number of hydrogen-bond donors (Lipinski definition) is 0. The molecule has 8 rings (SSSR count). The summed E-state index contributed by atoms with van der Waals surface area (Å²) in [5.74, 6) is 1.85. The molecule has 1 aliphatic heterocycles. The molecule has 2 aliphatic rings. The van der Waals surface area contributed by atoms with Crippen LogP contribution in [0, 0.1) is 0 Å². The largest absolute Gasteiger partial charge is 0.456 e. The van der Waals surface area contributed by atoms with Crippen LogP contribution in [-0.2, 0) is 5.41 Å². The van der Waals surface area contributed by atoms with Crippen molar-refractivity contribution in [3.63, 3.8) is 0 Å². The van der Waals surface area contributed by atoms with Crippen LogP contribution in [0.2, 0.25) is 0 Å². The van der Waals surface area contributed by atoms with E-state index in [9.17, 15) is 0 Å². The predicted molar refractivity (Wildman–Crippen MR) is 158 cm³/mol. The molecule has 0 bridgehead atoms. The molecule has 1 heterocycles. The van der Waals surface area contributed by atoms with Crippen molar-refractivity contribution < 1.29 is 4.74 Å². The zero-order chi connectivity index (χ0) is 25.4. The van der Waals surface area contributed by atoms with Crippen molar-refractivity contribution >= 4 is 10.8 Å². The third kappa shape index (κ3) is 2.93. The zero-order valence-electron chi connectivity index (χ0n) is 21.5. The molecule has 6 aromatic carbocycles. The van der Waals surface area contributed by atoms with Gasteiger partial charge in [0, 0.05) is 16.4 Å². The first-order valence-corrected chi connectivity index (χ1v) is 13.3. The van der Waals surface area contributed by atoms with Crippen LogP contribution in [0.4, 0.5) is 0 Å². The van der Waals surface area contributed by atoms with E-state index in [1.807, 2.05) is 12.1 Å². The SMILES string of the molecule is CC1(C)c2ccccc2-c2ccc(-c3ccc(-c4ccc5c6c(cccc46)-c4ccccc4O5)cc3)cc21. The Kier molecular flexibility index (Phi) is 4.35. The summed E-state index contributed by atoms with van der Waals surface area (Å²) in [7, 11) is 0. The Labute approximate surface area is 223 Å². The van der Waals surface area contributed by atoms with Crippen molar-refractivity contribution in [1.82, 2.24) is 0 Å². The fourth-order valence-corrected chi connectivity index (χ4v) is 6.56. The lowest BCUT2D eigenvalue weighted by atomic mass is 9.81. The van der Waals surface area contributed by atoms with Gasteiger partial charge in [-0.2, -0.15) is 0 Å². The second kappa shape index (κ2) is 7.69. The van der Waals surface area contributed by atoms with Gasteiger partial charge in [-0.1, -0.05) is 117 Å². The smallest absolute Gasteiger partial charge is 0.135 e. The molecule has 180 valence electrons. The standard InChI is InChI=1S/C37H26O/c1-37(2)32-12-5-3-8-27(32)28-19-18-25(22-33(28)37)23-14-16-24(17-15-23)26-20-21-35-36-30(26)10-7-11-31(36)29-9-4-6-13-34(29)38-35/h3-22H,1-2H3. The van der Waals surface area contributed by atoms with E-state index in [4.69, 9.17) is 4.74 Å². The summed E-state index contributed by atoms with van der Waals surface area (Å²) in [4.78, 5) is 0. The van der Waals surface area contributed by atoms with E-state index in [1.165, 1.54) is 60.8 Å². The maximum atomic E-state index is 6.29. The van der Waals surface area contributed by atoms with Gasteiger partial charge in [-0.15, -0.1) is 0 Å². The molecule has 1 aliphatic carbocycles. The van der Waals surface area contributed by atoms with Crippen LogP contribution in [0.25, 0.3) is 55.3 Å². The summed E-state index contributed by atoms with van der Waals surface area (Å²) in [6.45, 7) is 4.68. The van der Waals surface area contributed by atoms with Crippen molar-refractivity contribution in [3.05, 3.63) is 132 Å². The van der Waals surface area contributed by atoms with E-state index in [0.717, 1.165) is 17.1 Å². The van der Waals surface area contributed by atoms with Gasteiger partial charge >= 0.3 is 0 Å². The molecule has 0 fully saturated rings. The quantitative estimate of drug-likeness (QED) is 0.236.